The van der Waals surface area contributed by atoms with Gasteiger partial charge in [-0.3, -0.25) is 0 Å². The van der Waals surface area contributed by atoms with E-state index in [1.807, 2.05) is 36.4 Å². The third-order valence-corrected chi connectivity index (χ3v) is 3.58. The van der Waals surface area contributed by atoms with Gasteiger partial charge in [-0.25, -0.2) is 0 Å². The maximum atomic E-state index is 9.51. The summed E-state index contributed by atoms with van der Waals surface area (Å²) >= 11 is 0. The summed E-state index contributed by atoms with van der Waals surface area (Å²) in [7, 11) is 0. The van der Waals surface area contributed by atoms with Crippen molar-refractivity contribution in [3.05, 3.63) is 59.7 Å². The zero-order chi connectivity index (χ0) is 14.5. The second-order valence-electron chi connectivity index (χ2n) is 5.14. The number of hydrogen-bond acceptors (Lipinski definition) is 4. The number of hydrogen-bond donors (Lipinski definition) is 2. The van der Waals surface area contributed by atoms with Crippen LogP contribution in [0, 0.1) is 0 Å². The van der Waals surface area contributed by atoms with Crippen molar-refractivity contribution >= 4 is 0 Å². The summed E-state index contributed by atoms with van der Waals surface area (Å²) in [5.41, 5.74) is 2.33. The van der Waals surface area contributed by atoms with Crippen molar-refractivity contribution in [1.29, 1.82) is 0 Å². The van der Waals surface area contributed by atoms with Crippen LogP contribution in [0.4, 0.5) is 0 Å². The average molecular weight is 285 g/mol. The van der Waals surface area contributed by atoms with Crippen molar-refractivity contribution < 1.29 is 14.6 Å². The van der Waals surface area contributed by atoms with Gasteiger partial charge in [0.2, 0.25) is 6.79 Å². The first-order chi connectivity index (χ1) is 10.3. The number of fused-ring (bicyclic) bond motifs is 1. The summed E-state index contributed by atoms with van der Waals surface area (Å²) in [6.07, 6.45) is 0.807. The van der Waals surface area contributed by atoms with Gasteiger partial charge in [-0.05, 0) is 29.7 Å². The topological polar surface area (TPSA) is 50.7 Å². The molecule has 0 radical (unpaired) electrons. The predicted octanol–water partition coefficient (Wildman–Crippen LogP) is 2.11. The summed E-state index contributed by atoms with van der Waals surface area (Å²) in [5, 5.41) is 12.9. The van der Waals surface area contributed by atoms with Crippen LogP contribution in [0.5, 0.6) is 11.5 Å². The molecule has 0 amide bonds. The van der Waals surface area contributed by atoms with Gasteiger partial charge in [-0.15, -0.1) is 0 Å². The molecule has 2 aromatic rings. The average Bonchev–Trinajstić information content (AvgIpc) is 3.00. The lowest BCUT2D eigenvalue weighted by Gasteiger charge is -2.16. The Labute approximate surface area is 124 Å². The molecule has 21 heavy (non-hydrogen) atoms. The molecular weight excluding hydrogens is 266 g/mol. The minimum atomic E-state index is 0.0397. The SMILES string of the molecule is OC[C@H](Cc1ccccc1)NCc1ccc2c(c1)OCO2. The maximum absolute atomic E-state index is 9.51. The summed E-state index contributed by atoms with van der Waals surface area (Å²) in [5.74, 6) is 1.58. The normalized spacial score (nSPS) is 14.1. The molecule has 2 aromatic carbocycles. The van der Waals surface area contributed by atoms with Crippen molar-refractivity contribution in [3.8, 4) is 11.5 Å². The molecule has 0 spiro atoms. The van der Waals surface area contributed by atoms with Crippen LogP contribution in [0.2, 0.25) is 0 Å². The fraction of sp³-hybridized carbons (Fsp3) is 0.294. The van der Waals surface area contributed by atoms with E-state index in [9.17, 15) is 5.11 Å². The Morgan fingerprint density at radius 3 is 2.62 bits per heavy atom. The molecule has 3 rings (SSSR count). The van der Waals surface area contributed by atoms with E-state index < -0.39 is 0 Å². The van der Waals surface area contributed by atoms with E-state index in [4.69, 9.17) is 9.47 Å². The largest absolute Gasteiger partial charge is 0.454 e. The Hall–Kier alpha value is -2.04. The molecule has 0 aromatic heterocycles. The Morgan fingerprint density at radius 2 is 1.81 bits per heavy atom. The minimum Gasteiger partial charge on any atom is -0.454 e. The quantitative estimate of drug-likeness (QED) is 0.853. The zero-order valence-corrected chi connectivity index (χ0v) is 11.8. The Morgan fingerprint density at radius 1 is 1.00 bits per heavy atom. The van der Waals surface area contributed by atoms with Gasteiger partial charge in [0, 0.05) is 12.6 Å². The molecule has 0 saturated carbocycles. The van der Waals surface area contributed by atoms with E-state index in [1.54, 1.807) is 0 Å². The molecule has 1 aliphatic heterocycles. The zero-order valence-electron chi connectivity index (χ0n) is 11.8. The first-order valence-corrected chi connectivity index (χ1v) is 7.12. The van der Waals surface area contributed by atoms with Crippen LogP contribution in [-0.2, 0) is 13.0 Å². The Balaban J connectivity index is 1.58. The molecule has 0 bridgehead atoms. The van der Waals surface area contributed by atoms with Crippen LogP contribution >= 0.6 is 0 Å². The molecule has 4 heteroatoms. The number of ether oxygens (including phenoxy) is 2. The van der Waals surface area contributed by atoms with Gasteiger partial charge in [-0.2, -0.15) is 0 Å². The molecular formula is C17H19NO3. The van der Waals surface area contributed by atoms with E-state index in [-0.39, 0.29) is 12.6 Å². The predicted molar refractivity (Wildman–Crippen MR) is 80.4 cm³/mol. The van der Waals surface area contributed by atoms with Gasteiger partial charge in [-0.1, -0.05) is 36.4 Å². The second kappa shape index (κ2) is 6.61. The fourth-order valence-corrected chi connectivity index (χ4v) is 2.41. The number of aliphatic hydroxyl groups excluding tert-OH is 1. The van der Waals surface area contributed by atoms with E-state index in [2.05, 4.69) is 17.4 Å². The lowest BCUT2D eigenvalue weighted by molar-refractivity contribution is 0.174. The summed E-state index contributed by atoms with van der Waals surface area (Å²) in [6, 6.07) is 16.1. The fourth-order valence-electron chi connectivity index (χ4n) is 2.41. The van der Waals surface area contributed by atoms with E-state index in [1.165, 1.54) is 5.56 Å². The van der Waals surface area contributed by atoms with E-state index in [0.29, 0.717) is 13.3 Å². The van der Waals surface area contributed by atoms with Gasteiger partial charge >= 0.3 is 0 Å². The van der Waals surface area contributed by atoms with E-state index in [0.717, 1.165) is 23.5 Å². The number of benzene rings is 2. The van der Waals surface area contributed by atoms with Crippen molar-refractivity contribution in [3.63, 3.8) is 0 Å². The molecule has 0 aliphatic carbocycles. The van der Waals surface area contributed by atoms with Gasteiger partial charge in [0.1, 0.15) is 0 Å². The third-order valence-electron chi connectivity index (χ3n) is 3.58. The molecule has 1 heterocycles. The van der Waals surface area contributed by atoms with Crippen molar-refractivity contribution in [1.82, 2.24) is 5.32 Å². The number of nitrogens with one attached hydrogen (secondary N) is 1. The highest BCUT2D eigenvalue weighted by Gasteiger charge is 2.14. The van der Waals surface area contributed by atoms with Crippen LogP contribution in [-0.4, -0.2) is 24.5 Å². The first-order valence-electron chi connectivity index (χ1n) is 7.12. The van der Waals surface area contributed by atoms with Crippen LogP contribution in [0.25, 0.3) is 0 Å². The first kappa shape index (κ1) is 13.9. The molecule has 2 N–H and O–H groups in total. The maximum Gasteiger partial charge on any atom is 0.231 e. The van der Waals surface area contributed by atoms with Gasteiger partial charge in [0.25, 0.3) is 0 Å². The summed E-state index contributed by atoms with van der Waals surface area (Å²) < 4.78 is 10.7. The molecule has 1 atom stereocenters. The van der Waals surface area contributed by atoms with E-state index >= 15 is 0 Å². The molecule has 4 nitrogen and oxygen atoms in total. The lowest BCUT2D eigenvalue weighted by Crippen LogP contribution is -2.34. The highest BCUT2D eigenvalue weighted by atomic mass is 16.7. The van der Waals surface area contributed by atoms with Crippen molar-refractivity contribution in [2.24, 2.45) is 0 Å². The highest BCUT2D eigenvalue weighted by Crippen LogP contribution is 2.32. The number of rotatable bonds is 6. The molecule has 0 saturated heterocycles. The van der Waals surface area contributed by atoms with Crippen molar-refractivity contribution in [2.45, 2.75) is 19.0 Å². The Kier molecular flexibility index (Phi) is 4.38. The highest BCUT2D eigenvalue weighted by molar-refractivity contribution is 5.44. The smallest absolute Gasteiger partial charge is 0.231 e. The van der Waals surface area contributed by atoms with Gasteiger partial charge in [0.15, 0.2) is 11.5 Å². The molecule has 0 fully saturated rings. The molecule has 0 unspecified atom stereocenters. The standard InChI is InChI=1S/C17H19NO3/c19-11-15(8-13-4-2-1-3-5-13)18-10-14-6-7-16-17(9-14)21-12-20-16/h1-7,9,15,18-19H,8,10-12H2/t15-/m0/s1. The monoisotopic (exact) mass is 285 g/mol. The molecule has 1 aliphatic rings. The van der Waals surface area contributed by atoms with Crippen LogP contribution < -0.4 is 14.8 Å². The van der Waals surface area contributed by atoms with Gasteiger partial charge in [0.05, 0.1) is 6.61 Å². The summed E-state index contributed by atoms with van der Waals surface area (Å²) in [4.78, 5) is 0. The second-order valence-corrected chi connectivity index (χ2v) is 5.14. The van der Waals surface area contributed by atoms with Gasteiger partial charge < -0.3 is 19.9 Å². The summed E-state index contributed by atoms with van der Waals surface area (Å²) in [6.45, 7) is 1.09. The minimum absolute atomic E-state index is 0.0397. The van der Waals surface area contributed by atoms with Crippen molar-refractivity contribution in [2.75, 3.05) is 13.4 Å². The van der Waals surface area contributed by atoms with Crippen LogP contribution in [0.15, 0.2) is 48.5 Å². The third kappa shape index (κ3) is 3.54. The molecule has 110 valence electrons. The Bertz CT molecular complexity index is 586. The van der Waals surface area contributed by atoms with Crippen LogP contribution in [0.1, 0.15) is 11.1 Å². The lowest BCUT2D eigenvalue weighted by atomic mass is 10.1. The van der Waals surface area contributed by atoms with Crippen LogP contribution in [0.3, 0.4) is 0 Å². The number of aliphatic hydroxyl groups is 1.